The molecule has 0 spiro atoms. The van der Waals surface area contributed by atoms with Gasteiger partial charge >= 0.3 is 12.6 Å². The average Bonchev–Trinajstić information content (AvgIpc) is 3.30. The van der Waals surface area contributed by atoms with Crippen LogP contribution in [0, 0.1) is 11.8 Å². The lowest BCUT2D eigenvalue weighted by Gasteiger charge is -2.28. The van der Waals surface area contributed by atoms with Gasteiger partial charge in [0, 0.05) is 42.9 Å². The number of pyridine rings is 1. The van der Waals surface area contributed by atoms with Crippen LogP contribution in [0.1, 0.15) is 39.8 Å². The van der Waals surface area contributed by atoms with Crippen LogP contribution in [-0.2, 0) is 24.4 Å². The molecule has 230 valence electrons. The third kappa shape index (κ3) is 5.55. The highest BCUT2D eigenvalue weighted by molar-refractivity contribution is 5.95. The number of para-hydroxylation sites is 1. The molecule has 1 N–H and O–H groups in total. The zero-order valence-electron chi connectivity index (χ0n) is 24.1. The Labute approximate surface area is 252 Å². The number of aromatic nitrogens is 3. The molecule has 1 aliphatic carbocycles. The fraction of sp³-hybridized carbons (Fsp3) is 0.406. The van der Waals surface area contributed by atoms with Gasteiger partial charge < -0.3 is 28.6 Å². The molecule has 4 atom stereocenters. The summed E-state index contributed by atoms with van der Waals surface area (Å²) in [5, 5.41) is 9.66. The molecule has 3 fully saturated rings. The second kappa shape index (κ2) is 11.7. The summed E-state index contributed by atoms with van der Waals surface area (Å²) in [6.07, 6.45) is 1.03. The highest BCUT2D eigenvalue weighted by atomic mass is 19.3. The maximum atomic E-state index is 12.8. The molecule has 1 saturated carbocycles. The van der Waals surface area contributed by atoms with Crippen molar-refractivity contribution in [2.75, 3.05) is 26.8 Å². The number of hydrogen-bond donors (Lipinski definition) is 1. The maximum absolute atomic E-state index is 12.8. The zero-order valence-corrected chi connectivity index (χ0v) is 24.1. The minimum atomic E-state index is -2.91. The van der Waals surface area contributed by atoms with E-state index >= 15 is 0 Å². The first-order chi connectivity index (χ1) is 21.4. The highest BCUT2D eigenvalue weighted by Gasteiger charge is 2.57. The van der Waals surface area contributed by atoms with Crippen molar-refractivity contribution >= 4 is 17.0 Å². The van der Waals surface area contributed by atoms with E-state index < -0.39 is 12.6 Å². The number of likely N-dealkylation sites (tertiary alicyclic amines) is 1. The first-order valence-electron chi connectivity index (χ1n) is 14.6. The number of fused-ring (bicyclic) bond motifs is 2. The van der Waals surface area contributed by atoms with E-state index in [1.54, 1.807) is 30.3 Å². The van der Waals surface area contributed by atoms with E-state index in [2.05, 4.69) is 14.2 Å². The molecule has 44 heavy (non-hydrogen) atoms. The van der Waals surface area contributed by atoms with E-state index in [-0.39, 0.29) is 24.0 Å². The number of piperidine rings is 1. The molecule has 4 aromatic rings. The SMILES string of the molecule is COc1cc(C(=O)O)cc2c1nc(CN1C[C@@H]3[C@H](C1)[C@H]3c1cccc(OCc3ccccc3OC(F)F)n1)n2C[C@@H]1CCO1. The predicted octanol–water partition coefficient (Wildman–Crippen LogP) is 4.95. The summed E-state index contributed by atoms with van der Waals surface area (Å²) in [7, 11) is 1.52. The summed E-state index contributed by atoms with van der Waals surface area (Å²) < 4.78 is 49.3. The molecule has 0 bridgehead atoms. The Hall–Kier alpha value is -4.29. The summed E-state index contributed by atoms with van der Waals surface area (Å²) >= 11 is 0. The van der Waals surface area contributed by atoms with E-state index in [4.69, 9.17) is 24.2 Å². The lowest BCUT2D eigenvalue weighted by atomic mass is 10.1. The van der Waals surface area contributed by atoms with E-state index in [1.165, 1.54) is 19.2 Å². The summed E-state index contributed by atoms with van der Waals surface area (Å²) in [5.41, 5.74) is 3.03. The Bertz CT molecular complexity index is 1680. The van der Waals surface area contributed by atoms with Gasteiger partial charge in [0.05, 0.1) is 37.4 Å². The standard InChI is InChI=1S/C32H32F2N4O6/c1-41-26-12-19(31(39)40)11-24-30(26)36-27(38(24)13-20-9-10-42-20)16-37-14-21-22(15-37)29(21)23-6-4-8-28(35-23)43-17-18-5-2-3-7-25(18)44-32(33)34/h2-8,11-12,20-22,29,32H,9-10,13-17H2,1H3,(H,39,40)/t20-,21-,22+,29+/m0/s1. The highest BCUT2D eigenvalue weighted by Crippen LogP contribution is 2.58. The van der Waals surface area contributed by atoms with Crippen molar-refractivity contribution < 1.29 is 37.6 Å². The van der Waals surface area contributed by atoms with Crippen LogP contribution in [0.4, 0.5) is 8.78 Å². The van der Waals surface area contributed by atoms with Crippen LogP contribution in [0.5, 0.6) is 17.4 Å². The molecule has 0 unspecified atom stereocenters. The monoisotopic (exact) mass is 606 g/mol. The van der Waals surface area contributed by atoms with Crippen LogP contribution in [0.25, 0.3) is 11.0 Å². The lowest BCUT2D eigenvalue weighted by molar-refractivity contribution is -0.0592. The van der Waals surface area contributed by atoms with Crippen molar-refractivity contribution in [3.8, 4) is 17.4 Å². The van der Waals surface area contributed by atoms with Gasteiger partial charge in [0.2, 0.25) is 5.88 Å². The molecular formula is C32H32F2N4O6. The van der Waals surface area contributed by atoms with Gasteiger partial charge in [-0.1, -0.05) is 24.3 Å². The van der Waals surface area contributed by atoms with Crippen LogP contribution >= 0.6 is 0 Å². The molecule has 3 aliphatic rings. The molecule has 0 amide bonds. The fourth-order valence-electron chi connectivity index (χ4n) is 6.54. The number of rotatable bonds is 12. The van der Waals surface area contributed by atoms with Gasteiger partial charge in [0.1, 0.15) is 29.4 Å². The van der Waals surface area contributed by atoms with E-state index in [9.17, 15) is 18.7 Å². The quantitative estimate of drug-likeness (QED) is 0.240. The molecule has 2 saturated heterocycles. The third-order valence-electron chi connectivity index (χ3n) is 8.83. The molecule has 2 aromatic heterocycles. The summed E-state index contributed by atoms with van der Waals surface area (Å²) in [6, 6.07) is 15.4. The van der Waals surface area contributed by atoms with Crippen molar-refractivity contribution in [1.29, 1.82) is 0 Å². The largest absolute Gasteiger partial charge is 0.494 e. The number of aromatic carboxylic acids is 1. The number of carboxylic acids is 1. The first-order valence-corrected chi connectivity index (χ1v) is 14.6. The number of carbonyl (C=O) groups is 1. The van der Waals surface area contributed by atoms with Gasteiger partial charge in [0.15, 0.2) is 0 Å². The van der Waals surface area contributed by atoms with Crippen LogP contribution in [0.15, 0.2) is 54.6 Å². The molecular weight excluding hydrogens is 574 g/mol. The molecule has 4 heterocycles. The number of methoxy groups -OCH3 is 1. The molecule has 7 rings (SSSR count). The van der Waals surface area contributed by atoms with Gasteiger partial charge in [-0.3, -0.25) is 4.90 Å². The number of imidazole rings is 1. The van der Waals surface area contributed by atoms with Gasteiger partial charge in [0.25, 0.3) is 0 Å². The Morgan fingerprint density at radius 2 is 1.89 bits per heavy atom. The van der Waals surface area contributed by atoms with Gasteiger partial charge in [-0.2, -0.15) is 8.78 Å². The van der Waals surface area contributed by atoms with Crippen LogP contribution in [-0.4, -0.2) is 70.0 Å². The normalized spacial score (nSPS) is 22.5. The smallest absolute Gasteiger partial charge is 0.387 e. The number of alkyl halides is 2. The number of hydrogen-bond acceptors (Lipinski definition) is 8. The van der Waals surface area contributed by atoms with Gasteiger partial charge in [-0.15, -0.1) is 0 Å². The number of halogens is 2. The molecule has 12 heteroatoms. The van der Waals surface area contributed by atoms with E-state index in [1.807, 2.05) is 12.1 Å². The average molecular weight is 607 g/mol. The topological polar surface area (TPSA) is 108 Å². The summed E-state index contributed by atoms with van der Waals surface area (Å²) in [6.45, 7) is 0.905. The number of ether oxygens (including phenoxy) is 4. The number of benzene rings is 2. The first kappa shape index (κ1) is 28.5. The lowest BCUT2D eigenvalue weighted by Crippen LogP contribution is -2.33. The van der Waals surface area contributed by atoms with Crippen molar-refractivity contribution in [1.82, 2.24) is 19.4 Å². The van der Waals surface area contributed by atoms with Crippen molar-refractivity contribution in [3.63, 3.8) is 0 Å². The number of carboxylic acid groups (broad SMARTS) is 1. The Kier molecular flexibility index (Phi) is 7.55. The maximum Gasteiger partial charge on any atom is 0.387 e. The molecule has 10 nitrogen and oxygen atoms in total. The van der Waals surface area contributed by atoms with Crippen molar-refractivity contribution in [3.05, 3.63) is 77.2 Å². The predicted molar refractivity (Wildman–Crippen MR) is 154 cm³/mol. The van der Waals surface area contributed by atoms with Crippen molar-refractivity contribution in [2.24, 2.45) is 11.8 Å². The van der Waals surface area contributed by atoms with E-state index in [0.29, 0.717) is 53.6 Å². The van der Waals surface area contributed by atoms with Crippen molar-refractivity contribution in [2.45, 2.75) is 44.8 Å². The van der Waals surface area contributed by atoms with Gasteiger partial charge in [-0.25, -0.2) is 14.8 Å². The van der Waals surface area contributed by atoms with Crippen LogP contribution in [0.2, 0.25) is 0 Å². The minimum Gasteiger partial charge on any atom is -0.494 e. The Morgan fingerprint density at radius 1 is 1.09 bits per heavy atom. The second-order valence-corrected chi connectivity index (χ2v) is 11.5. The Morgan fingerprint density at radius 3 is 2.59 bits per heavy atom. The van der Waals surface area contributed by atoms with E-state index in [0.717, 1.165) is 43.2 Å². The Balaban J connectivity index is 1.03. The minimum absolute atomic E-state index is 0.0658. The van der Waals surface area contributed by atoms with Gasteiger partial charge in [-0.05, 0) is 42.5 Å². The third-order valence-corrected chi connectivity index (χ3v) is 8.83. The molecule has 0 radical (unpaired) electrons. The zero-order chi connectivity index (χ0) is 30.4. The fourth-order valence-corrected chi connectivity index (χ4v) is 6.54. The molecule has 2 aromatic carbocycles. The molecule has 2 aliphatic heterocycles. The summed E-state index contributed by atoms with van der Waals surface area (Å²) in [4.78, 5) is 23.8. The summed E-state index contributed by atoms with van der Waals surface area (Å²) in [5.74, 6) is 2.06. The van der Waals surface area contributed by atoms with Crippen LogP contribution in [0.3, 0.4) is 0 Å². The number of nitrogens with zero attached hydrogens (tertiary/aromatic N) is 4. The second-order valence-electron chi connectivity index (χ2n) is 11.5. The van der Waals surface area contributed by atoms with Crippen LogP contribution < -0.4 is 14.2 Å².